The summed E-state index contributed by atoms with van der Waals surface area (Å²) in [5, 5.41) is 3.90. The van der Waals surface area contributed by atoms with Crippen LogP contribution < -0.4 is 5.32 Å². The van der Waals surface area contributed by atoms with Crippen molar-refractivity contribution in [3.05, 3.63) is 0 Å². The summed E-state index contributed by atoms with van der Waals surface area (Å²) in [6.45, 7) is 7.51. The van der Waals surface area contributed by atoms with Gasteiger partial charge in [-0.1, -0.05) is 175 Å². The Morgan fingerprint density at radius 1 is 0.600 bits per heavy atom. The third kappa shape index (κ3) is 12.3. The van der Waals surface area contributed by atoms with Gasteiger partial charge in [0.05, 0.1) is 0 Å². The van der Waals surface area contributed by atoms with Gasteiger partial charge in [0.1, 0.15) is 0 Å². The maximum absolute atomic E-state index is 3.90. The van der Waals surface area contributed by atoms with E-state index in [-0.39, 0.29) is 0 Å². The zero-order valence-corrected chi connectivity index (χ0v) is 28.2. The molecule has 6 atom stereocenters. The quantitative estimate of drug-likeness (QED) is 0.147. The van der Waals surface area contributed by atoms with Crippen molar-refractivity contribution in [2.75, 3.05) is 7.05 Å². The van der Waals surface area contributed by atoms with E-state index in [1.807, 2.05) is 0 Å². The molecule has 3 saturated carbocycles. The molecule has 0 aliphatic heterocycles. The molecule has 0 saturated heterocycles. The molecule has 40 heavy (non-hydrogen) atoms. The fourth-order valence-electron chi connectivity index (χ4n) is 9.90. The Kier molecular flexibility index (Phi) is 17.9. The third-order valence-electron chi connectivity index (χ3n) is 12.5. The Bertz CT molecular complexity index is 588. The van der Waals surface area contributed by atoms with Crippen LogP contribution in [0.3, 0.4) is 0 Å². The lowest BCUT2D eigenvalue weighted by Crippen LogP contribution is -2.46. The van der Waals surface area contributed by atoms with Crippen LogP contribution in [0.25, 0.3) is 0 Å². The molecule has 0 radical (unpaired) electrons. The fourth-order valence-corrected chi connectivity index (χ4v) is 9.90. The van der Waals surface area contributed by atoms with Crippen molar-refractivity contribution < 1.29 is 0 Å². The van der Waals surface area contributed by atoms with Gasteiger partial charge >= 0.3 is 0 Å². The summed E-state index contributed by atoms with van der Waals surface area (Å²) in [6.07, 6.45) is 40.4. The van der Waals surface area contributed by atoms with Crippen LogP contribution in [0.2, 0.25) is 0 Å². The highest BCUT2D eigenvalue weighted by molar-refractivity contribution is 4.91. The largest absolute Gasteiger partial charge is 0.316 e. The van der Waals surface area contributed by atoms with Gasteiger partial charge in [-0.05, 0) is 67.7 Å². The van der Waals surface area contributed by atoms with Crippen LogP contribution in [0.15, 0.2) is 0 Å². The summed E-state index contributed by atoms with van der Waals surface area (Å²) in [7, 11) is 2.28. The van der Waals surface area contributed by atoms with Crippen molar-refractivity contribution in [3.63, 3.8) is 0 Å². The molecule has 6 unspecified atom stereocenters. The van der Waals surface area contributed by atoms with Gasteiger partial charge in [0.15, 0.2) is 0 Å². The molecule has 0 heterocycles. The minimum atomic E-state index is 0.737. The monoisotopic (exact) mass is 558 g/mol. The van der Waals surface area contributed by atoms with Crippen molar-refractivity contribution >= 4 is 0 Å². The topological polar surface area (TPSA) is 12.0 Å². The first-order valence-corrected chi connectivity index (χ1v) is 19.3. The van der Waals surface area contributed by atoms with Crippen LogP contribution in [-0.2, 0) is 0 Å². The minimum absolute atomic E-state index is 0.737. The summed E-state index contributed by atoms with van der Waals surface area (Å²) in [5.74, 6) is 6.83. The normalized spacial score (nSPS) is 27.4. The highest BCUT2D eigenvalue weighted by Gasteiger charge is 2.38. The Morgan fingerprint density at radius 3 is 1.95 bits per heavy atom. The summed E-state index contributed by atoms with van der Waals surface area (Å²) in [5.41, 5.74) is 0. The second-order valence-electron chi connectivity index (χ2n) is 15.5. The summed E-state index contributed by atoms with van der Waals surface area (Å²) in [6, 6.07) is 0.737. The number of rotatable bonds is 20. The zero-order valence-electron chi connectivity index (χ0n) is 28.2. The maximum atomic E-state index is 3.90. The Balaban J connectivity index is 1.46. The highest BCUT2D eigenvalue weighted by Crippen LogP contribution is 2.44. The molecular weight excluding hydrogens is 482 g/mol. The van der Waals surface area contributed by atoms with Crippen molar-refractivity contribution in [1.29, 1.82) is 0 Å². The van der Waals surface area contributed by atoms with E-state index in [0.717, 1.165) is 47.5 Å². The first-order valence-electron chi connectivity index (χ1n) is 19.3. The predicted octanol–water partition coefficient (Wildman–Crippen LogP) is 12.5. The van der Waals surface area contributed by atoms with Crippen LogP contribution in [0, 0.1) is 41.4 Å². The number of nitrogens with one attached hydrogen (secondary N) is 1. The van der Waals surface area contributed by atoms with Gasteiger partial charge in [-0.2, -0.15) is 0 Å². The number of unbranched alkanes of at least 4 members (excludes halogenated alkanes) is 6. The molecule has 0 amide bonds. The van der Waals surface area contributed by atoms with Gasteiger partial charge in [-0.15, -0.1) is 0 Å². The van der Waals surface area contributed by atoms with E-state index in [1.165, 1.54) is 173 Å². The maximum Gasteiger partial charge on any atom is 0.0121 e. The average molecular weight is 558 g/mol. The standard InChI is InChI=1S/C39H75N/c1-5-6-21-33(3)39(40-4)38-31-20-29-36(28-19-18-22-32(2)35-26-15-11-16-27-35)37(38)30-17-9-7-8-12-23-34-24-13-10-14-25-34/h32-40H,5-31H2,1-4H3. The molecule has 0 aromatic carbocycles. The lowest BCUT2D eigenvalue weighted by atomic mass is 9.64. The Hall–Kier alpha value is -0.0400. The van der Waals surface area contributed by atoms with Crippen molar-refractivity contribution in [1.82, 2.24) is 5.32 Å². The van der Waals surface area contributed by atoms with Gasteiger partial charge in [-0.3, -0.25) is 0 Å². The molecule has 3 aliphatic rings. The lowest BCUT2D eigenvalue weighted by Gasteiger charge is -2.44. The van der Waals surface area contributed by atoms with Crippen LogP contribution in [0.1, 0.15) is 194 Å². The summed E-state index contributed by atoms with van der Waals surface area (Å²) in [4.78, 5) is 0. The summed E-state index contributed by atoms with van der Waals surface area (Å²) < 4.78 is 0. The molecule has 3 fully saturated rings. The molecule has 236 valence electrons. The highest BCUT2D eigenvalue weighted by atomic mass is 14.9. The van der Waals surface area contributed by atoms with Crippen LogP contribution in [0.5, 0.6) is 0 Å². The number of hydrogen-bond donors (Lipinski definition) is 1. The van der Waals surface area contributed by atoms with Gasteiger partial charge in [-0.25, -0.2) is 0 Å². The molecule has 3 aliphatic carbocycles. The first kappa shape index (κ1) is 34.5. The van der Waals surface area contributed by atoms with Gasteiger partial charge in [0.2, 0.25) is 0 Å². The van der Waals surface area contributed by atoms with Crippen molar-refractivity contribution in [2.45, 2.75) is 200 Å². The number of hydrogen-bond acceptors (Lipinski definition) is 1. The van der Waals surface area contributed by atoms with Crippen molar-refractivity contribution in [2.24, 2.45) is 41.4 Å². The molecule has 1 heteroatoms. The molecule has 0 spiro atoms. The SMILES string of the molecule is CCCCC(C)C(NC)C1CCCC(CCCCC(C)C2CCCCC2)C1CCCCCCCC1CCCCC1. The van der Waals surface area contributed by atoms with E-state index in [4.69, 9.17) is 0 Å². The van der Waals surface area contributed by atoms with E-state index in [2.05, 4.69) is 33.1 Å². The molecule has 0 aromatic rings. The van der Waals surface area contributed by atoms with Gasteiger partial charge in [0, 0.05) is 6.04 Å². The Labute approximate surface area is 253 Å². The molecule has 1 nitrogen and oxygen atoms in total. The molecule has 0 aromatic heterocycles. The Morgan fingerprint density at radius 2 is 1.25 bits per heavy atom. The third-order valence-corrected chi connectivity index (χ3v) is 12.5. The van der Waals surface area contributed by atoms with Crippen LogP contribution in [-0.4, -0.2) is 13.1 Å². The molecule has 0 bridgehead atoms. The second-order valence-corrected chi connectivity index (χ2v) is 15.5. The van der Waals surface area contributed by atoms with E-state index in [1.54, 1.807) is 0 Å². The van der Waals surface area contributed by atoms with E-state index < -0.39 is 0 Å². The predicted molar refractivity (Wildman–Crippen MR) is 179 cm³/mol. The van der Waals surface area contributed by atoms with E-state index in [0.29, 0.717) is 0 Å². The zero-order chi connectivity index (χ0) is 28.4. The van der Waals surface area contributed by atoms with Crippen molar-refractivity contribution in [3.8, 4) is 0 Å². The molecule has 1 N–H and O–H groups in total. The summed E-state index contributed by atoms with van der Waals surface area (Å²) >= 11 is 0. The minimum Gasteiger partial charge on any atom is -0.316 e. The van der Waals surface area contributed by atoms with E-state index >= 15 is 0 Å². The molecule has 3 rings (SSSR count). The first-order chi connectivity index (χ1) is 19.6. The molecular formula is C39H75N. The van der Waals surface area contributed by atoms with Crippen LogP contribution in [0.4, 0.5) is 0 Å². The van der Waals surface area contributed by atoms with E-state index in [9.17, 15) is 0 Å². The second kappa shape index (κ2) is 20.8. The van der Waals surface area contributed by atoms with Gasteiger partial charge in [0.25, 0.3) is 0 Å². The fraction of sp³-hybridized carbons (Fsp3) is 1.00. The lowest BCUT2D eigenvalue weighted by molar-refractivity contribution is 0.0787. The van der Waals surface area contributed by atoms with Gasteiger partial charge < -0.3 is 5.32 Å². The van der Waals surface area contributed by atoms with Crippen LogP contribution >= 0.6 is 0 Å². The smallest absolute Gasteiger partial charge is 0.0121 e. The average Bonchev–Trinajstić information content (AvgIpc) is 2.99.